The van der Waals surface area contributed by atoms with Crippen molar-refractivity contribution in [2.75, 3.05) is 19.8 Å². The highest BCUT2D eigenvalue weighted by Crippen LogP contribution is 2.71. The molecule has 9 aliphatic rings. The standard InChI is InChI=1S/C44H70O17/c1-18-8-11-44(55-16-18)19(2)30-27(61-44)14-25-23-7-6-21-12-22(46)13-29(43(21,5)24(23)9-10-42(25,30)4)58-41-38(60-40-36(53)34(51)33(50)28(15-45)57-40)37(31(48)20(3)56-41)59-39-35(52)32(49)26(47)17-54-39/h6,18-20,22-41,45-53H,7-17H2,1-5H3/t18-,19+,20+,22-,23-,24+,25+,26-,27+,28-,29-,30+,31+,32+,33-,34+,35-,36-,37-,38-,39+,40+,41+,42+,43+,44-/m1/s1. The second kappa shape index (κ2) is 16.7. The van der Waals surface area contributed by atoms with Crippen molar-refractivity contribution >= 4 is 0 Å². The Hall–Kier alpha value is -0.940. The summed E-state index contributed by atoms with van der Waals surface area (Å²) in [6.07, 6.45) is -13.7. The smallest absolute Gasteiger partial charge is 0.187 e. The Labute approximate surface area is 357 Å². The maximum atomic E-state index is 11.6. The van der Waals surface area contributed by atoms with Gasteiger partial charge in [0, 0.05) is 24.2 Å². The third-order valence-corrected chi connectivity index (χ3v) is 17.4. The summed E-state index contributed by atoms with van der Waals surface area (Å²) in [5.74, 6) is 1.55. The maximum Gasteiger partial charge on any atom is 0.187 e. The fraction of sp³-hybridized carbons (Fsp3) is 0.955. The average Bonchev–Trinajstić information content (AvgIpc) is 3.68. The molecule has 0 aromatic rings. The lowest BCUT2D eigenvalue weighted by Gasteiger charge is -2.60. The summed E-state index contributed by atoms with van der Waals surface area (Å²) in [5.41, 5.74) is 0.602. The first-order valence-corrected chi connectivity index (χ1v) is 22.9. The molecule has 0 unspecified atom stereocenters. The number of ether oxygens (including phenoxy) is 8. The highest BCUT2D eigenvalue weighted by atomic mass is 16.8. The molecule has 61 heavy (non-hydrogen) atoms. The number of allylic oxidation sites excluding steroid dienone is 1. The predicted molar refractivity (Wildman–Crippen MR) is 210 cm³/mol. The van der Waals surface area contributed by atoms with Gasteiger partial charge in [-0.1, -0.05) is 39.3 Å². The second-order valence-electron chi connectivity index (χ2n) is 20.7. The molecule has 0 radical (unpaired) electrons. The van der Waals surface area contributed by atoms with Crippen LogP contribution in [0.3, 0.4) is 0 Å². The minimum absolute atomic E-state index is 0.0513. The van der Waals surface area contributed by atoms with Gasteiger partial charge in [0.2, 0.25) is 0 Å². The third kappa shape index (κ3) is 7.32. The fourth-order valence-corrected chi connectivity index (χ4v) is 13.8. The van der Waals surface area contributed by atoms with E-state index in [9.17, 15) is 46.0 Å². The molecule has 17 heteroatoms. The van der Waals surface area contributed by atoms with Gasteiger partial charge in [0.1, 0.15) is 61.0 Å². The molecule has 17 nitrogen and oxygen atoms in total. The van der Waals surface area contributed by atoms with Crippen LogP contribution in [0.4, 0.5) is 0 Å². The number of hydrogen-bond donors (Lipinski definition) is 9. The zero-order chi connectivity index (χ0) is 43.5. The van der Waals surface area contributed by atoms with Crippen molar-refractivity contribution in [1.82, 2.24) is 0 Å². The average molecular weight is 871 g/mol. The van der Waals surface area contributed by atoms with Crippen LogP contribution in [-0.2, 0) is 37.9 Å². The van der Waals surface area contributed by atoms with Gasteiger partial charge >= 0.3 is 0 Å². The number of rotatable bonds is 7. The van der Waals surface area contributed by atoms with Crippen molar-refractivity contribution < 1.29 is 83.9 Å². The first-order valence-electron chi connectivity index (χ1n) is 22.9. The van der Waals surface area contributed by atoms with Gasteiger partial charge in [0.05, 0.1) is 44.2 Å². The van der Waals surface area contributed by atoms with Crippen LogP contribution < -0.4 is 0 Å². The molecule has 348 valence electrons. The van der Waals surface area contributed by atoms with E-state index in [-0.39, 0.29) is 36.4 Å². The third-order valence-electron chi connectivity index (χ3n) is 17.4. The molecule has 5 heterocycles. The molecule has 5 saturated heterocycles. The lowest BCUT2D eigenvalue weighted by atomic mass is 9.46. The molecule has 0 aromatic carbocycles. The topological polar surface area (TPSA) is 256 Å². The molecule has 8 fully saturated rings. The Balaban J connectivity index is 1.01. The lowest BCUT2D eigenvalue weighted by molar-refractivity contribution is -0.392. The van der Waals surface area contributed by atoms with Gasteiger partial charge < -0.3 is 83.9 Å². The molecule has 0 bridgehead atoms. The Morgan fingerprint density at radius 3 is 2.20 bits per heavy atom. The molecule has 9 N–H and O–H groups in total. The van der Waals surface area contributed by atoms with Gasteiger partial charge in [-0.25, -0.2) is 0 Å². The zero-order valence-corrected chi connectivity index (χ0v) is 35.9. The Morgan fingerprint density at radius 1 is 0.738 bits per heavy atom. The van der Waals surface area contributed by atoms with Crippen molar-refractivity contribution in [3.8, 4) is 0 Å². The normalized spacial score (nSPS) is 58.4. The molecular weight excluding hydrogens is 800 g/mol. The molecule has 1 spiro atoms. The van der Waals surface area contributed by atoms with Crippen LogP contribution in [0.15, 0.2) is 11.6 Å². The van der Waals surface area contributed by atoms with E-state index in [1.54, 1.807) is 6.92 Å². The van der Waals surface area contributed by atoms with Crippen LogP contribution in [0.25, 0.3) is 0 Å². The monoisotopic (exact) mass is 870 g/mol. The summed E-state index contributed by atoms with van der Waals surface area (Å²) >= 11 is 0. The van der Waals surface area contributed by atoms with Gasteiger partial charge in [-0.2, -0.15) is 0 Å². The van der Waals surface area contributed by atoms with Gasteiger partial charge in [0.25, 0.3) is 0 Å². The zero-order valence-electron chi connectivity index (χ0n) is 35.9. The van der Waals surface area contributed by atoms with E-state index in [1.807, 2.05) is 0 Å². The molecular formula is C44H70O17. The summed E-state index contributed by atoms with van der Waals surface area (Å²) in [4.78, 5) is 0. The van der Waals surface area contributed by atoms with E-state index in [1.165, 1.54) is 0 Å². The highest BCUT2D eigenvalue weighted by molar-refractivity contribution is 5.29. The lowest BCUT2D eigenvalue weighted by Crippen LogP contribution is -2.67. The number of aliphatic hydroxyl groups excluding tert-OH is 9. The van der Waals surface area contributed by atoms with E-state index in [2.05, 4.69) is 33.8 Å². The van der Waals surface area contributed by atoms with Gasteiger partial charge in [-0.05, 0) is 80.5 Å². The number of aliphatic hydroxyl groups is 9. The molecule has 26 atom stereocenters. The predicted octanol–water partition coefficient (Wildman–Crippen LogP) is -0.176. The minimum atomic E-state index is -1.83. The Kier molecular flexibility index (Phi) is 12.4. The molecule has 0 aromatic heterocycles. The van der Waals surface area contributed by atoms with Crippen LogP contribution in [0.5, 0.6) is 0 Å². The molecule has 3 saturated carbocycles. The number of fused-ring (bicyclic) bond motifs is 7. The maximum absolute atomic E-state index is 11.6. The van der Waals surface area contributed by atoms with Crippen LogP contribution >= 0.6 is 0 Å². The Bertz CT molecular complexity index is 1590. The van der Waals surface area contributed by atoms with Crippen LogP contribution in [0.2, 0.25) is 0 Å². The van der Waals surface area contributed by atoms with E-state index >= 15 is 0 Å². The Morgan fingerprint density at radius 2 is 1.48 bits per heavy atom. The van der Waals surface area contributed by atoms with E-state index < -0.39 is 116 Å². The molecule has 0 amide bonds. The van der Waals surface area contributed by atoms with Crippen LogP contribution in [0, 0.1) is 46.3 Å². The van der Waals surface area contributed by atoms with Crippen molar-refractivity contribution in [3.05, 3.63) is 11.6 Å². The highest BCUT2D eigenvalue weighted by Gasteiger charge is 2.70. The second-order valence-corrected chi connectivity index (χ2v) is 20.7. The first kappa shape index (κ1) is 45.2. The summed E-state index contributed by atoms with van der Waals surface area (Å²) in [7, 11) is 0. The largest absolute Gasteiger partial charge is 0.394 e. The van der Waals surface area contributed by atoms with Crippen molar-refractivity contribution in [2.24, 2.45) is 46.3 Å². The van der Waals surface area contributed by atoms with Crippen LogP contribution in [-0.4, -0.2) is 176 Å². The summed E-state index contributed by atoms with van der Waals surface area (Å²) < 4.78 is 50.8. The van der Waals surface area contributed by atoms with Crippen molar-refractivity contribution in [3.63, 3.8) is 0 Å². The van der Waals surface area contributed by atoms with Crippen molar-refractivity contribution in [2.45, 2.75) is 196 Å². The summed E-state index contributed by atoms with van der Waals surface area (Å²) in [5, 5.41) is 96.9. The molecule has 5 aliphatic heterocycles. The quantitative estimate of drug-likeness (QED) is 0.151. The van der Waals surface area contributed by atoms with Crippen LogP contribution in [0.1, 0.15) is 86.0 Å². The number of hydrogen-bond acceptors (Lipinski definition) is 17. The summed E-state index contributed by atoms with van der Waals surface area (Å²) in [6.45, 7) is 10.5. The van der Waals surface area contributed by atoms with Gasteiger partial charge in [0.15, 0.2) is 24.7 Å². The minimum Gasteiger partial charge on any atom is -0.394 e. The van der Waals surface area contributed by atoms with Crippen molar-refractivity contribution in [1.29, 1.82) is 0 Å². The van der Waals surface area contributed by atoms with Gasteiger partial charge in [-0.3, -0.25) is 0 Å². The molecule has 9 rings (SSSR count). The SMILES string of the molecule is C[C@@H]1CC[C@@]2(OC1)O[C@H]1C[C@H]3[C@@H]4CC=C5C[C@@H](O)C[C@@H](O[C@@H]6O[C@@H](C)[C@H](O)[C@@H](O[C@@H]7OC[C@@H](O)[C@H](O)[C@H]7O)[C@H]6O[C@@H]6O[C@H](CO)[C@@H](O)[C@H](O)[C@H]6O)[C@]5(C)[C@H]4CC[C@]3(C)[C@H]1[C@@H]2C. The van der Waals surface area contributed by atoms with Gasteiger partial charge in [-0.15, -0.1) is 0 Å². The molecule has 4 aliphatic carbocycles. The van der Waals surface area contributed by atoms with E-state index in [0.717, 1.165) is 50.7 Å². The van der Waals surface area contributed by atoms with E-state index in [4.69, 9.17) is 37.9 Å². The fourth-order valence-electron chi connectivity index (χ4n) is 13.8. The first-order chi connectivity index (χ1) is 28.9. The van der Waals surface area contributed by atoms with E-state index in [0.29, 0.717) is 30.1 Å². The summed E-state index contributed by atoms with van der Waals surface area (Å²) in [6, 6.07) is 0.